The van der Waals surface area contributed by atoms with E-state index in [2.05, 4.69) is 4.18 Å². The molecule has 9 heteroatoms. The van der Waals surface area contributed by atoms with Crippen LogP contribution in [0.5, 0.6) is 0 Å². The Hall–Kier alpha value is 0.750. The molecule has 0 aromatic heterocycles. The average molecular weight is 250 g/mol. The van der Waals surface area contributed by atoms with Gasteiger partial charge in [0, 0.05) is 7.11 Å². The molecule has 7 nitrogen and oxygen atoms in total. The number of aliphatic hydroxyl groups excluding tert-OH is 1. The summed E-state index contributed by atoms with van der Waals surface area (Å²) in [4.78, 5) is 0. The SMILES string of the molecule is COC1COCC(OS(=O)(=O)[O-])C1O.[Na+]. The number of methoxy groups -OCH3 is 1. The Bertz CT molecular complexity index is 279. The standard InChI is InChI=1S/C6H12O7S.Na/c1-11-4-2-12-3-5(6(4)7)13-14(8,9)10;/h4-7H,2-3H2,1H3,(H,8,9,10);/q;+1/p-1. The first-order valence-corrected chi connectivity index (χ1v) is 5.20. The van der Waals surface area contributed by atoms with Gasteiger partial charge in [0.2, 0.25) is 10.4 Å². The van der Waals surface area contributed by atoms with Crippen molar-refractivity contribution < 1.29 is 61.3 Å². The molecule has 3 unspecified atom stereocenters. The number of ether oxygens (including phenoxy) is 2. The maximum Gasteiger partial charge on any atom is 1.00 e. The molecule has 3 atom stereocenters. The maximum atomic E-state index is 10.3. The third-order valence-corrected chi connectivity index (χ3v) is 2.35. The zero-order valence-electron chi connectivity index (χ0n) is 8.45. The van der Waals surface area contributed by atoms with Crippen molar-refractivity contribution in [2.75, 3.05) is 20.3 Å². The third-order valence-electron chi connectivity index (χ3n) is 1.87. The monoisotopic (exact) mass is 250 g/mol. The van der Waals surface area contributed by atoms with Gasteiger partial charge in [-0.2, -0.15) is 0 Å². The van der Waals surface area contributed by atoms with Crippen LogP contribution in [0.4, 0.5) is 0 Å². The number of aliphatic hydroxyl groups is 1. The van der Waals surface area contributed by atoms with Gasteiger partial charge in [0.15, 0.2) is 0 Å². The van der Waals surface area contributed by atoms with Gasteiger partial charge in [-0.1, -0.05) is 0 Å². The van der Waals surface area contributed by atoms with Gasteiger partial charge in [0.05, 0.1) is 13.2 Å². The molecule has 1 N–H and O–H groups in total. The smallest absolute Gasteiger partial charge is 0.726 e. The minimum Gasteiger partial charge on any atom is -0.726 e. The van der Waals surface area contributed by atoms with Crippen LogP contribution < -0.4 is 29.6 Å². The molecule has 0 bridgehead atoms. The normalized spacial score (nSPS) is 32.1. The van der Waals surface area contributed by atoms with E-state index in [0.717, 1.165) is 0 Å². The van der Waals surface area contributed by atoms with E-state index >= 15 is 0 Å². The summed E-state index contributed by atoms with van der Waals surface area (Å²) in [7, 11) is -3.50. The number of hydrogen-bond acceptors (Lipinski definition) is 7. The second-order valence-electron chi connectivity index (χ2n) is 2.85. The van der Waals surface area contributed by atoms with E-state index in [1.807, 2.05) is 0 Å². The summed E-state index contributed by atoms with van der Waals surface area (Å²) in [5.74, 6) is 0. The van der Waals surface area contributed by atoms with Crippen LogP contribution in [0.3, 0.4) is 0 Å². The van der Waals surface area contributed by atoms with Crippen molar-refractivity contribution in [3.05, 3.63) is 0 Å². The van der Waals surface area contributed by atoms with E-state index in [9.17, 15) is 18.1 Å². The Labute approximate surface area is 110 Å². The second-order valence-corrected chi connectivity index (χ2v) is 3.85. The third kappa shape index (κ3) is 5.07. The molecule has 0 spiro atoms. The van der Waals surface area contributed by atoms with Crippen molar-refractivity contribution in [2.45, 2.75) is 18.3 Å². The van der Waals surface area contributed by atoms with Gasteiger partial charge in [0.1, 0.15) is 18.3 Å². The molecular weight excluding hydrogens is 239 g/mol. The number of rotatable bonds is 3. The summed E-state index contributed by atoms with van der Waals surface area (Å²) in [5.41, 5.74) is 0. The minimum absolute atomic E-state index is 0. The molecule has 1 heterocycles. The van der Waals surface area contributed by atoms with Crippen LogP contribution in [-0.2, 0) is 24.1 Å². The van der Waals surface area contributed by atoms with Gasteiger partial charge in [-0.25, -0.2) is 8.42 Å². The van der Waals surface area contributed by atoms with Gasteiger partial charge in [-0.3, -0.25) is 4.18 Å². The molecule has 0 aliphatic carbocycles. The minimum atomic E-state index is -4.83. The van der Waals surface area contributed by atoms with Crippen molar-refractivity contribution in [3.8, 4) is 0 Å². The first-order chi connectivity index (χ1) is 6.44. The summed E-state index contributed by atoms with van der Waals surface area (Å²) in [6, 6.07) is 0. The van der Waals surface area contributed by atoms with Crippen LogP contribution in [-0.4, -0.2) is 56.7 Å². The molecule has 0 radical (unpaired) electrons. The Kier molecular flexibility index (Phi) is 6.80. The molecule has 0 aromatic carbocycles. The molecule has 1 saturated heterocycles. The fourth-order valence-corrected chi connectivity index (χ4v) is 1.65. The van der Waals surface area contributed by atoms with E-state index in [1.54, 1.807) is 0 Å². The summed E-state index contributed by atoms with van der Waals surface area (Å²) >= 11 is 0. The van der Waals surface area contributed by atoms with Gasteiger partial charge < -0.3 is 19.1 Å². The topological polar surface area (TPSA) is 105 Å². The molecule has 1 aliphatic heterocycles. The average Bonchev–Trinajstić information content (AvgIpc) is 2.06. The molecule has 0 saturated carbocycles. The summed E-state index contributed by atoms with van der Waals surface area (Å²) in [5, 5.41) is 9.46. The Morgan fingerprint density at radius 2 is 1.93 bits per heavy atom. The van der Waals surface area contributed by atoms with Gasteiger partial charge >= 0.3 is 29.6 Å². The van der Waals surface area contributed by atoms with Crippen LogP contribution in [0.25, 0.3) is 0 Å². The summed E-state index contributed by atoms with van der Waals surface area (Å²) < 4.78 is 44.5. The van der Waals surface area contributed by atoms with Crippen molar-refractivity contribution in [2.24, 2.45) is 0 Å². The fourth-order valence-electron chi connectivity index (χ4n) is 1.18. The van der Waals surface area contributed by atoms with E-state index in [1.165, 1.54) is 7.11 Å². The Morgan fingerprint density at radius 3 is 2.40 bits per heavy atom. The van der Waals surface area contributed by atoms with E-state index < -0.39 is 28.7 Å². The van der Waals surface area contributed by atoms with Crippen molar-refractivity contribution in [3.63, 3.8) is 0 Å². The van der Waals surface area contributed by atoms with Crippen LogP contribution in [0.2, 0.25) is 0 Å². The van der Waals surface area contributed by atoms with Gasteiger partial charge in [0.25, 0.3) is 0 Å². The van der Waals surface area contributed by atoms with E-state index in [0.29, 0.717) is 0 Å². The summed E-state index contributed by atoms with van der Waals surface area (Å²) in [6.07, 6.45) is -3.07. The molecule has 0 aromatic rings. The first-order valence-electron chi connectivity index (χ1n) is 3.87. The first kappa shape index (κ1) is 15.8. The zero-order valence-corrected chi connectivity index (χ0v) is 11.3. The quantitative estimate of drug-likeness (QED) is 0.304. The molecule has 1 rings (SSSR count). The molecule has 1 fully saturated rings. The van der Waals surface area contributed by atoms with Crippen LogP contribution >= 0.6 is 0 Å². The van der Waals surface area contributed by atoms with Gasteiger partial charge in [-0.05, 0) is 0 Å². The molecular formula is C6H11NaO7S. The van der Waals surface area contributed by atoms with Crippen molar-refractivity contribution >= 4 is 10.4 Å². The van der Waals surface area contributed by atoms with Crippen molar-refractivity contribution in [1.29, 1.82) is 0 Å². The Balaban J connectivity index is 0.00000196. The van der Waals surface area contributed by atoms with E-state index in [-0.39, 0.29) is 42.8 Å². The molecule has 1 aliphatic rings. The largest absolute Gasteiger partial charge is 1.00 e. The van der Waals surface area contributed by atoms with Crippen LogP contribution in [0.15, 0.2) is 0 Å². The predicted octanol–water partition coefficient (Wildman–Crippen LogP) is -4.76. The fraction of sp³-hybridized carbons (Fsp3) is 1.00. The summed E-state index contributed by atoms with van der Waals surface area (Å²) in [6.45, 7) is -0.0150. The molecule has 15 heavy (non-hydrogen) atoms. The number of hydrogen-bond donors (Lipinski definition) is 1. The zero-order chi connectivity index (χ0) is 10.8. The van der Waals surface area contributed by atoms with Crippen LogP contribution in [0, 0.1) is 0 Å². The van der Waals surface area contributed by atoms with Crippen molar-refractivity contribution in [1.82, 2.24) is 0 Å². The van der Waals surface area contributed by atoms with E-state index in [4.69, 9.17) is 9.47 Å². The molecule has 84 valence electrons. The predicted molar refractivity (Wildman–Crippen MR) is 42.2 cm³/mol. The second kappa shape index (κ2) is 6.48. The van der Waals surface area contributed by atoms with Crippen LogP contribution in [0.1, 0.15) is 0 Å². The van der Waals surface area contributed by atoms with Gasteiger partial charge in [-0.15, -0.1) is 0 Å². The Morgan fingerprint density at radius 1 is 1.40 bits per heavy atom. The maximum absolute atomic E-state index is 10.3. The molecule has 0 amide bonds.